The summed E-state index contributed by atoms with van der Waals surface area (Å²) in [4.78, 5) is 11.6. The van der Waals surface area contributed by atoms with Gasteiger partial charge in [-0.1, -0.05) is 37.0 Å². The Kier molecular flexibility index (Phi) is 8.16. The minimum Gasteiger partial charge on any atom is -0.492 e. The van der Waals surface area contributed by atoms with Crippen molar-refractivity contribution in [3.63, 3.8) is 0 Å². The lowest BCUT2D eigenvalue weighted by molar-refractivity contribution is -0.121. The standard InChI is InChI=1S/C15H20Cl2N2O2/c1-3-12(4-2)18-19-15(20)6-5-9-21-14-8-7-11(16)10-13(14)17/h7-8,10H,3-6,9H2,1-2H3,(H,19,20). The fourth-order valence-corrected chi connectivity index (χ4v) is 2.08. The first kappa shape index (κ1) is 17.8. The van der Waals surface area contributed by atoms with Gasteiger partial charge in [-0.05, 0) is 37.5 Å². The fourth-order valence-electron chi connectivity index (χ4n) is 1.61. The Hall–Kier alpha value is -1.26. The predicted molar refractivity (Wildman–Crippen MR) is 87.4 cm³/mol. The van der Waals surface area contributed by atoms with Gasteiger partial charge in [0.15, 0.2) is 0 Å². The number of carbonyl (C=O) groups excluding carboxylic acids is 1. The number of hydrogen-bond acceptors (Lipinski definition) is 3. The number of nitrogens with one attached hydrogen (secondary N) is 1. The Bertz CT molecular complexity index is 498. The molecular weight excluding hydrogens is 311 g/mol. The van der Waals surface area contributed by atoms with Crippen molar-refractivity contribution in [3.8, 4) is 5.75 Å². The fraction of sp³-hybridized carbons (Fsp3) is 0.467. The first-order chi connectivity index (χ1) is 10.1. The van der Waals surface area contributed by atoms with Crippen molar-refractivity contribution in [2.75, 3.05) is 6.61 Å². The van der Waals surface area contributed by atoms with Crippen LogP contribution in [-0.4, -0.2) is 18.2 Å². The molecule has 1 aromatic carbocycles. The quantitative estimate of drug-likeness (QED) is 0.435. The molecule has 1 amide bonds. The maximum atomic E-state index is 11.6. The molecule has 0 heterocycles. The molecule has 0 atom stereocenters. The van der Waals surface area contributed by atoms with E-state index in [0.29, 0.717) is 35.2 Å². The van der Waals surface area contributed by atoms with Crippen LogP contribution in [0.1, 0.15) is 39.5 Å². The average molecular weight is 331 g/mol. The van der Waals surface area contributed by atoms with E-state index < -0.39 is 0 Å². The van der Waals surface area contributed by atoms with Crippen molar-refractivity contribution in [2.24, 2.45) is 5.10 Å². The van der Waals surface area contributed by atoms with Gasteiger partial charge in [-0.3, -0.25) is 4.79 Å². The number of benzene rings is 1. The number of hydrazone groups is 1. The van der Waals surface area contributed by atoms with Gasteiger partial charge >= 0.3 is 0 Å². The van der Waals surface area contributed by atoms with Crippen LogP contribution in [0.5, 0.6) is 5.75 Å². The minimum absolute atomic E-state index is 0.111. The minimum atomic E-state index is -0.111. The molecule has 0 unspecified atom stereocenters. The molecular formula is C15H20Cl2N2O2. The molecule has 0 radical (unpaired) electrons. The van der Waals surface area contributed by atoms with Crippen molar-refractivity contribution in [1.29, 1.82) is 0 Å². The number of nitrogens with zero attached hydrogens (tertiary/aromatic N) is 1. The first-order valence-corrected chi connectivity index (χ1v) is 7.74. The van der Waals surface area contributed by atoms with Gasteiger partial charge in [-0.25, -0.2) is 5.43 Å². The van der Waals surface area contributed by atoms with E-state index in [1.54, 1.807) is 18.2 Å². The molecule has 0 aliphatic rings. The second-order valence-electron chi connectivity index (χ2n) is 4.45. The zero-order valence-electron chi connectivity index (χ0n) is 12.3. The summed E-state index contributed by atoms with van der Waals surface area (Å²) in [6.07, 6.45) is 2.63. The Balaban J connectivity index is 2.27. The zero-order valence-corrected chi connectivity index (χ0v) is 13.8. The lowest BCUT2D eigenvalue weighted by Gasteiger charge is -2.08. The second kappa shape index (κ2) is 9.64. The van der Waals surface area contributed by atoms with Crippen LogP contribution < -0.4 is 10.2 Å². The molecule has 0 aliphatic heterocycles. The van der Waals surface area contributed by atoms with Gasteiger partial charge in [-0.2, -0.15) is 5.10 Å². The molecule has 0 fully saturated rings. The molecule has 4 nitrogen and oxygen atoms in total. The Morgan fingerprint density at radius 1 is 1.29 bits per heavy atom. The molecule has 6 heteroatoms. The van der Waals surface area contributed by atoms with E-state index in [2.05, 4.69) is 10.5 Å². The van der Waals surface area contributed by atoms with Gasteiger partial charge in [0, 0.05) is 17.2 Å². The normalized spacial score (nSPS) is 10.1. The summed E-state index contributed by atoms with van der Waals surface area (Å²) in [6.45, 7) is 4.43. The highest BCUT2D eigenvalue weighted by molar-refractivity contribution is 6.35. The van der Waals surface area contributed by atoms with Crippen LogP contribution in [0.15, 0.2) is 23.3 Å². The topological polar surface area (TPSA) is 50.7 Å². The molecule has 0 spiro atoms. The number of halogens is 2. The first-order valence-electron chi connectivity index (χ1n) is 6.99. The highest BCUT2D eigenvalue weighted by atomic mass is 35.5. The summed E-state index contributed by atoms with van der Waals surface area (Å²) in [7, 11) is 0. The van der Waals surface area contributed by atoms with Crippen molar-refractivity contribution in [1.82, 2.24) is 5.43 Å². The van der Waals surface area contributed by atoms with Crippen molar-refractivity contribution < 1.29 is 9.53 Å². The van der Waals surface area contributed by atoms with Crippen LogP contribution in [0.25, 0.3) is 0 Å². The Morgan fingerprint density at radius 2 is 2.00 bits per heavy atom. The summed E-state index contributed by atoms with van der Waals surface area (Å²) >= 11 is 11.8. The third-order valence-corrected chi connectivity index (χ3v) is 3.39. The largest absolute Gasteiger partial charge is 0.492 e. The van der Waals surface area contributed by atoms with E-state index in [9.17, 15) is 4.79 Å². The molecule has 0 bridgehead atoms. The number of ether oxygens (including phenoxy) is 1. The third kappa shape index (κ3) is 6.82. The summed E-state index contributed by atoms with van der Waals surface area (Å²) in [5.41, 5.74) is 3.53. The predicted octanol–water partition coefficient (Wildman–Crippen LogP) is 4.44. The third-order valence-electron chi connectivity index (χ3n) is 2.85. The molecule has 1 rings (SSSR count). The molecule has 0 aromatic heterocycles. The number of rotatable bonds is 8. The molecule has 0 saturated heterocycles. The summed E-state index contributed by atoms with van der Waals surface area (Å²) in [5, 5.41) is 5.09. The maximum absolute atomic E-state index is 11.6. The van der Waals surface area contributed by atoms with Crippen molar-refractivity contribution in [2.45, 2.75) is 39.5 Å². The van der Waals surface area contributed by atoms with Crippen LogP contribution in [0.3, 0.4) is 0 Å². The van der Waals surface area contributed by atoms with Gasteiger partial charge in [0.25, 0.3) is 0 Å². The molecule has 116 valence electrons. The smallest absolute Gasteiger partial charge is 0.240 e. The van der Waals surface area contributed by atoms with Gasteiger partial charge in [0.1, 0.15) is 5.75 Å². The summed E-state index contributed by atoms with van der Waals surface area (Å²) in [5.74, 6) is 0.457. The van der Waals surface area contributed by atoms with E-state index in [0.717, 1.165) is 18.6 Å². The molecule has 0 saturated carbocycles. The van der Waals surface area contributed by atoms with Crippen LogP contribution in [0.2, 0.25) is 10.0 Å². The lowest BCUT2D eigenvalue weighted by Crippen LogP contribution is -2.19. The Labute approximate surface area is 135 Å². The molecule has 21 heavy (non-hydrogen) atoms. The van der Waals surface area contributed by atoms with Crippen LogP contribution in [0, 0.1) is 0 Å². The average Bonchev–Trinajstić information content (AvgIpc) is 2.46. The van der Waals surface area contributed by atoms with E-state index in [4.69, 9.17) is 27.9 Å². The van der Waals surface area contributed by atoms with Gasteiger partial charge in [0.2, 0.25) is 5.91 Å². The van der Waals surface area contributed by atoms with E-state index in [-0.39, 0.29) is 5.91 Å². The molecule has 1 N–H and O–H groups in total. The van der Waals surface area contributed by atoms with Gasteiger partial charge in [-0.15, -0.1) is 0 Å². The van der Waals surface area contributed by atoms with Crippen molar-refractivity contribution in [3.05, 3.63) is 28.2 Å². The highest BCUT2D eigenvalue weighted by Crippen LogP contribution is 2.27. The highest BCUT2D eigenvalue weighted by Gasteiger charge is 2.04. The summed E-state index contributed by atoms with van der Waals surface area (Å²) in [6, 6.07) is 5.04. The van der Waals surface area contributed by atoms with Gasteiger partial charge < -0.3 is 4.74 Å². The zero-order chi connectivity index (χ0) is 15.7. The van der Waals surface area contributed by atoms with E-state index in [1.165, 1.54) is 0 Å². The molecule has 1 aromatic rings. The Morgan fingerprint density at radius 3 is 2.62 bits per heavy atom. The lowest BCUT2D eigenvalue weighted by atomic mass is 10.2. The monoisotopic (exact) mass is 330 g/mol. The summed E-state index contributed by atoms with van der Waals surface area (Å²) < 4.78 is 5.50. The number of amides is 1. The number of carbonyl (C=O) groups is 1. The van der Waals surface area contributed by atoms with Crippen LogP contribution in [0.4, 0.5) is 0 Å². The second-order valence-corrected chi connectivity index (χ2v) is 5.29. The van der Waals surface area contributed by atoms with Gasteiger partial charge in [0.05, 0.1) is 11.6 Å². The van der Waals surface area contributed by atoms with Crippen LogP contribution >= 0.6 is 23.2 Å². The van der Waals surface area contributed by atoms with E-state index in [1.807, 2.05) is 13.8 Å². The molecule has 0 aliphatic carbocycles. The van der Waals surface area contributed by atoms with E-state index >= 15 is 0 Å². The SMILES string of the molecule is CCC(CC)=NNC(=O)CCCOc1ccc(Cl)cc1Cl. The number of hydrogen-bond donors (Lipinski definition) is 1. The van der Waals surface area contributed by atoms with Crippen LogP contribution in [-0.2, 0) is 4.79 Å². The van der Waals surface area contributed by atoms with Crippen molar-refractivity contribution >= 4 is 34.8 Å². The maximum Gasteiger partial charge on any atom is 0.240 e.